The van der Waals surface area contributed by atoms with Crippen LogP contribution in [0.4, 0.5) is 0 Å². The zero-order valence-corrected chi connectivity index (χ0v) is 13.1. The maximum absolute atomic E-state index is 11.8. The predicted molar refractivity (Wildman–Crippen MR) is 77.9 cm³/mol. The fourth-order valence-corrected chi connectivity index (χ4v) is 3.20. The summed E-state index contributed by atoms with van der Waals surface area (Å²) in [6.07, 6.45) is 2.49. The third kappa shape index (κ3) is 5.32. The zero-order valence-electron chi connectivity index (χ0n) is 12.3. The first-order chi connectivity index (χ1) is 8.85. The Kier molecular flexibility index (Phi) is 6.00. The van der Waals surface area contributed by atoms with Crippen molar-refractivity contribution in [1.82, 2.24) is 14.9 Å². The Morgan fingerprint density at radius 3 is 2.63 bits per heavy atom. The molecule has 0 atom stereocenters. The minimum absolute atomic E-state index is 0.187. The Hall–Kier alpha value is -0.880. The molecule has 1 rings (SSSR count). The molecule has 19 heavy (non-hydrogen) atoms. The highest BCUT2D eigenvalue weighted by Crippen LogP contribution is 2.07. The summed E-state index contributed by atoms with van der Waals surface area (Å²) >= 11 is 0. The van der Waals surface area contributed by atoms with Crippen LogP contribution >= 0.6 is 0 Å². The van der Waals surface area contributed by atoms with Gasteiger partial charge >= 0.3 is 0 Å². The molecule has 0 bridgehead atoms. The first-order valence-electron chi connectivity index (χ1n) is 6.80. The number of nitrogens with zero attached hydrogens (tertiary/aromatic N) is 2. The molecule has 5 nitrogen and oxygen atoms in total. The van der Waals surface area contributed by atoms with Gasteiger partial charge in [0.05, 0.1) is 11.4 Å². The molecule has 0 aliphatic carbocycles. The van der Waals surface area contributed by atoms with Crippen molar-refractivity contribution in [3.05, 3.63) is 17.7 Å². The number of hydrogen-bond acceptors (Lipinski definition) is 4. The average molecular weight is 287 g/mol. The molecule has 1 N–H and O–H groups in total. The van der Waals surface area contributed by atoms with Crippen LogP contribution < -0.4 is 5.32 Å². The fourth-order valence-electron chi connectivity index (χ4n) is 1.91. The topological polar surface area (TPSA) is 64.0 Å². The fraction of sp³-hybridized carbons (Fsp3) is 0.769. The second-order valence-electron chi connectivity index (χ2n) is 5.14. The second kappa shape index (κ2) is 7.05. The molecular formula is C13H25N3O2S. The van der Waals surface area contributed by atoms with Crippen LogP contribution in [0.3, 0.4) is 0 Å². The summed E-state index contributed by atoms with van der Waals surface area (Å²) in [5.41, 5.74) is 1.04. The van der Waals surface area contributed by atoms with E-state index in [0.717, 1.165) is 11.5 Å². The van der Waals surface area contributed by atoms with Gasteiger partial charge in [0, 0.05) is 31.1 Å². The van der Waals surface area contributed by atoms with Crippen LogP contribution in [0, 0.1) is 6.92 Å². The van der Waals surface area contributed by atoms with Gasteiger partial charge in [-0.25, -0.2) is 13.4 Å². The summed E-state index contributed by atoms with van der Waals surface area (Å²) in [4.78, 5) is 4.27. The van der Waals surface area contributed by atoms with Crippen molar-refractivity contribution in [3.8, 4) is 0 Å². The lowest BCUT2D eigenvalue weighted by Crippen LogP contribution is -2.25. The van der Waals surface area contributed by atoms with E-state index in [2.05, 4.69) is 24.1 Å². The number of aryl methyl sites for hydroxylation is 1. The van der Waals surface area contributed by atoms with E-state index in [9.17, 15) is 8.42 Å². The van der Waals surface area contributed by atoms with E-state index in [1.807, 2.05) is 24.6 Å². The Labute approximate surface area is 116 Å². The monoisotopic (exact) mass is 287 g/mol. The molecule has 1 heterocycles. The van der Waals surface area contributed by atoms with Gasteiger partial charge in [-0.1, -0.05) is 20.8 Å². The van der Waals surface area contributed by atoms with Gasteiger partial charge in [-0.3, -0.25) is 0 Å². The number of nitrogens with one attached hydrogen (secondary N) is 1. The summed E-state index contributed by atoms with van der Waals surface area (Å²) in [7, 11) is -2.94. The number of imidazole rings is 1. The van der Waals surface area contributed by atoms with Crippen molar-refractivity contribution in [2.75, 3.05) is 11.5 Å². The van der Waals surface area contributed by atoms with E-state index >= 15 is 0 Å². The van der Waals surface area contributed by atoms with Crippen molar-refractivity contribution >= 4 is 9.84 Å². The molecule has 0 aliphatic rings. The Balaban J connectivity index is 2.69. The van der Waals surface area contributed by atoms with E-state index in [4.69, 9.17) is 0 Å². The molecular weight excluding hydrogens is 262 g/mol. The maximum Gasteiger partial charge on any atom is 0.152 e. The number of sulfone groups is 1. The van der Waals surface area contributed by atoms with E-state index in [-0.39, 0.29) is 11.5 Å². The normalized spacial score (nSPS) is 12.3. The molecule has 0 aromatic carbocycles. The lowest BCUT2D eigenvalue weighted by atomic mass is 10.3. The summed E-state index contributed by atoms with van der Waals surface area (Å²) < 4.78 is 25.5. The predicted octanol–water partition coefficient (Wildman–Crippen LogP) is 1.51. The van der Waals surface area contributed by atoms with Crippen LogP contribution in [-0.2, 0) is 22.9 Å². The van der Waals surface area contributed by atoms with Crippen molar-refractivity contribution < 1.29 is 8.42 Å². The smallest absolute Gasteiger partial charge is 0.152 e. The molecule has 0 unspecified atom stereocenters. The van der Waals surface area contributed by atoms with E-state index in [1.165, 1.54) is 0 Å². The standard InChI is InChI=1S/C13H25N3O2S/c1-5-7-19(17,18)8-6-16-12(4)15-10-13(16)9-14-11(2)3/h10-11,14H,5-9H2,1-4H3. The van der Waals surface area contributed by atoms with E-state index in [1.54, 1.807) is 0 Å². The van der Waals surface area contributed by atoms with Crippen LogP contribution in [0.1, 0.15) is 38.7 Å². The van der Waals surface area contributed by atoms with Gasteiger partial charge in [-0.15, -0.1) is 0 Å². The van der Waals surface area contributed by atoms with Crippen molar-refractivity contribution in [2.24, 2.45) is 0 Å². The highest BCUT2D eigenvalue weighted by atomic mass is 32.2. The molecule has 0 aliphatic heterocycles. The van der Waals surface area contributed by atoms with Gasteiger partial charge in [0.1, 0.15) is 5.82 Å². The summed E-state index contributed by atoms with van der Waals surface area (Å²) in [5.74, 6) is 1.32. The third-order valence-electron chi connectivity index (χ3n) is 2.97. The van der Waals surface area contributed by atoms with Crippen LogP contribution in [0.15, 0.2) is 6.20 Å². The molecule has 0 fully saturated rings. The lowest BCUT2D eigenvalue weighted by molar-refractivity contribution is 0.552. The van der Waals surface area contributed by atoms with Crippen LogP contribution in [0.2, 0.25) is 0 Å². The zero-order chi connectivity index (χ0) is 14.5. The molecule has 0 radical (unpaired) electrons. The molecule has 110 valence electrons. The van der Waals surface area contributed by atoms with Gasteiger partial charge in [0.25, 0.3) is 0 Å². The summed E-state index contributed by atoms with van der Waals surface area (Å²) in [6.45, 7) is 9.16. The van der Waals surface area contributed by atoms with Gasteiger partial charge in [0.2, 0.25) is 0 Å². The average Bonchev–Trinajstić information content (AvgIpc) is 2.65. The molecule has 1 aromatic heterocycles. The molecule has 1 aromatic rings. The Morgan fingerprint density at radius 2 is 2.05 bits per heavy atom. The number of rotatable bonds is 8. The largest absolute Gasteiger partial charge is 0.330 e. The van der Waals surface area contributed by atoms with Crippen LogP contribution in [-0.4, -0.2) is 35.5 Å². The minimum Gasteiger partial charge on any atom is -0.330 e. The van der Waals surface area contributed by atoms with Gasteiger partial charge in [-0.2, -0.15) is 0 Å². The first kappa shape index (κ1) is 16.2. The number of hydrogen-bond donors (Lipinski definition) is 1. The summed E-state index contributed by atoms with van der Waals surface area (Å²) in [5, 5.41) is 3.33. The van der Waals surface area contributed by atoms with Crippen molar-refractivity contribution in [1.29, 1.82) is 0 Å². The lowest BCUT2D eigenvalue weighted by Gasteiger charge is -2.12. The first-order valence-corrected chi connectivity index (χ1v) is 8.62. The van der Waals surface area contributed by atoms with Crippen LogP contribution in [0.5, 0.6) is 0 Å². The highest BCUT2D eigenvalue weighted by Gasteiger charge is 2.13. The summed E-state index contributed by atoms with van der Waals surface area (Å²) in [6, 6.07) is 0.396. The van der Waals surface area contributed by atoms with Gasteiger partial charge in [-0.05, 0) is 13.3 Å². The quantitative estimate of drug-likeness (QED) is 0.787. The Bertz CT molecular complexity index is 492. The van der Waals surface area contributed by atoms with Crippen molar-refractivity contribution in [3.63, 3.8) is 0 Å². The number of aromatic nitrogens is 2. The van der Waals surface area contributed by atoms with E-state index < -0.39 is 9.84 Å². The van der Waals surface area contributed by atoms with Gasteiger partial charge in [0.15, 0.2) is 9.84 Å². The van der Waals surface area contributed by atoms with Crippen LogP contribution in [0.25, 0.3) is 0 Å². The third-order valence-corrected chi connectivity index (χ3v) is 4.81. The molecule has 0 amide bonds. The van der Waals surface area contributed by atoms with E-state index in [0.29, 0.717) is 25.6 Å². The highest BCUT2D eigenvalue weighted by molar-refractivity contribution is 7.91. The van der Waals surface area contributed by atoms with Crippen molar-refractivity contribution in [2.45, 2.75) is 53.2 Å². The molecule has 0 spiro atoms. The van der Waals surface area contributed by atoms with Gasteiger partial charge < -0.3 is 9.88 Å². The Morgan fingerprint density at radius 1 is 1.37 bits per heavy atom. The maximum atomic E-state index is 11.8. The molecule has 0 saturated heterocycles. The molecule has 6 heteroatoms. The second-order valence-corrected chi connectivity index (χ2v) is 7.44. The SMILES string of the molecule is CCCS(=O)(=O)CCn1c(CNC(C)C)cnc1C. The minimum atomic E-state index is -2.94. The molecule has 0 saturated carbocycles.